The SMILES string of the molecule is COCCON(OCCOC)C(C)C(=O)O. The molecule has 0 aliphatic carbocycles. The molecular weight excluding hydrogens is 218 g/mol. The Kier molecular flexibility index (Phi) is 9.06. The number of carboxylic acids is 1. The number of rotatable bonds is 10. The van der Waals surface area contributed by atoms with Gasteiger partial charge in [-0.15, -0.1) is 0 Å². The van der Waals surface area contributed by atoms with Crippen molar-refractivity contribution in [3.63, 3.8) is 0 Å². The van der Waals surface area contributed by atoms with Crippen LogP contribution in [0.4, 0.5) is 0 Å². The van der Waals surface area contributed by atoms with Crippen LogP contribution in [-0.2, 0) is 23.9 Å². The molecule has 1 atom stereocenters. The van der Waals surface area contributed by atoms with Crippen molar-refractivity contribution < 1.29 is 29.0 Å². The monoisotopic (exact) mass is 237 g/mol. The summed E-state index contributed by atoms with van der Waals surface area (Å²) in [6, 6.07) is -0.895. The van der Waals surface area contributed by atoms with Crippen LogP contribution in [0.3, 0.4) is 0 Å². The van der Waals surface area contributed by atoms with Crippen molar-refractivity contribution in [3.8, 4) is 0 Å². The van der Waals surface area contributed by atoms with E-state index in [1.54, 1.807) is 0 Å². The number of aliphatic carboxylic acids is 1. The molecule has 0 aliphatic heterocycles. The lowest BCUT2D eigenvalue weighted by Gasteiger charge is -2.23. The molecule has 0 amide bonds. The van der Waals surface area contributed by atoms with Crippen LogP contribution in [0.15, 0.2) is 0 Å². The van der Waals surface area contributed by atoms with Gasteiger partial charge in [-0.1, -0.05) is 5.23 Å². The zero-order valence-electron chi connectivity index (χ0n) is 9.84. The lowest BCUT2D eigenvalue weighted by molar-refractivity contribution is -0.384. The molecule has 0 spiro atoms. The van der Waals surface area contributed by atoms with Crippen LogP contribution in [0.2, 0.25) is 0 Å². The lowest BCUT2D eigenvalue weighted by Crippen LogP contribution is -2.40. The Balaban J connectivity index is 3.99. The Morgan fingerprint density at radius 3 is 1.88 bits per heavy atom. The Morgan fingerprint density at radius 1 is 1.12 bits per heavy atom. The third-order valence-corrected chi connectivity index (χ3v) is 1.69. The minimum atomic E-state index is -1.03. The van der Waals surface area contributed by atoms with Gasteiger partial charge in [-0.2, -0.15) is 0 Å². The van der Waals surface area contributed by atoms with Gasteiger partial charge < -0.3 is 14.6 Å². The molecule has 1 unspecified atom stereocenters. The Morgan fingerprint density at radius 2 is 1.56 bits per heavy atom. The number of methoxy groups -OCH3 is 2. The van der Waals surface area contributed by atoms with Crippen molar-refractivity contribution in [2.75, 3.05) is 40.6 Å². The van der Waals surface area contributed by atoms with Crippen molar-refractivity contribution in [1.82, 2.24) is 5.23 Å². The molecule has 0 rings (SSSR count). The molecule has 7 nitrogen and oxygen atoms in total. The number of carboxylic acid groups (broad SMARTS) is 1. The van der Waals surface area contributed by atoms with Crippen LogP contribution in [0.1, 0.15) is 6.92 Å². The molecule has 96 valence electrons. The summed E-state index contributed by atoms with van der Waals surface area (Å²) in [6.45, 7) is 2.62. The van der Waals surface area contributed by atoms with Crippen molar-refractivity contribution >= 4 is 5.97 Å². The average Bonchev–Trinajstić information content (AvgIpc) is 2.26. The van der Waals surface area contributed by atoms with Crippen molar-refractivity contribution in [2.24, 2.45) is 0 Å². The summed E-state index contributed by atoms with van der Waals surface area (Å²) in [5, 5.41) is 9.75. The predicted molar refractivity (Wildman–Crippen MR) is 54.6 cm³/mol. The fraction of sp³-hybridized carbons (Fsp3) is 0.889. The normalized spacial score (nSPS) is 13.0. The Hall–Kier alpha value is -0.730. The molecule has 7 heteroatoms. The largest absolute Gasteiger partial charge is 0.480 e. The van der Waals surface area contributed by atoms with Gasteiger partial charge in [0.15, 0.2) is 6.04 Å². The molecule has 0 saturated carbocycles. The second-order valence-electron chi connectivity index (χ2n) is 2.95. The van der Waals surface area contributed by atoms with E-state index in [2.05, 4.69) is 0 Å². The van der Waals surface area contributed by atoms with Crippen LogP contribution in [0.5, 0.6) is 0 Å². The topological polar surface area (TPSA) is 77.5 Å². The van der Waals surface area contributed by atoms with E-state index >= 15 is 0 Å². The molecule has 0 fully saturated rings. The van der Waals surface area contributed by atoms with Crippen molar-refractivity contribution in [2.45, 2.75) is 13.0 Å². The molecule has 16 heavy (non-hydrogen) atoms. The maximum Gasteiger partial charge on any atom is 0.325 e. The molecule has 0 aliphatic rings. The molecule has 0 saturated heterocycles. The Bertz CT molecular complexity index is 179. The summed E-state index contributed by atoms with van der Waals surface area (Å²) < 4.78 is 9.56. The number of hydrogen-bond acceptors (Lipinski definition) is 6. The standard InChI is InChI=1S/C9H19NO6/c1-8(9(11)12)10(15-6-4-13-2)16-7-5-14-3/h8H,4-7H2,1-3H3,(H,11,12). The second-order valence-corrected chi connectivity index (χ2v) is 2.95. The highest BCUT2D eigenvalue weighted by Gasteiger charge is 2.22. The van der Waals surface area contributed by atoms with Crippen LogP contribution in [-0.4, -0.2) is 63.0 Å². The highest BCUT2D eigenvalue weighted by Crippen LogP contribution is 2.02. The van der Waals surface area contributed by atoms with E-state index in [4.69, 9.17) is 24.3 Å². The number of nitrogens with zero attached hydrogens (tertiary/aromatic N) is 1. The van der Waals surface area contributed by atoms with E-state index in [1.165, 1.54) is 21.1 Å². The summed E-state index contributed by atoms with van der Waals surface area (Å²) in [5.74, 6) is -1.03. The first kappa shape index (κ1) is 15.3. The number of ether oxygens (including phenoxy) is 2. The van der Waals surface area contributed by atoms with Gasteiger partial charge in [-0.25, -0.2) is 0 Å². The highest BCUT2D eigenvalue weighted by molar-refractivity contribution is 5.72. The van der Waals surface area contributed by atoms with Gasteiger partial charge in [0.1, 0.15) is 0 Å². The third kappa shape index (κ3) is 6.70. The minimum absolute atomic E-state index is 0.223. The van der Waals surface area contributed by atoms with Gasteiger partial charge in [0.25, 0.3) is 0 Å². The Labute approximate surface area is 94.7 Å². The first-order valence-electron chi connectivity index (χ1n) is 4.89. The molecule has 0 aromatic carbocycles. The predicted octanol–water partition coefficient (Wildman–Crippen LogP) is -0.0825. The fourth-order valence-electron chi connectivity index (χ4n) is 0.772. The van der Waals surface area contributed by atoms with Crippen LogP contribution < -0.4 is 0 Å². The van der Waals surface area contributed by atoms with Gasteiger partial charge in [0, 0.05) is 14.2 Å². The smallest absolute Gasteiger partial charge is 0.325 e. The van der Waals surface area contributed by atoms with Crippen LogP contribution in [0, 0.1) is 0 Å². The summed E-state index contributed by atoms with van der Waals surface area (Å²) in [4.78, 5) is 20.9. The first-order valence-corrected chi connectivity index (χ1v) is 4.89. The molecule has 0 radical (unpaired) electrons. The van der Waals surface area contributed by atoms with Gasteiger partial charge in [-0.3, -0.25) is 14.5 Å². The van der Waals surface area contributed by atoms with E-state index < -0.39 is 12.0 Å². The quantitative estimate of drug-likeness (QED) is 0.420. The summed E-state index contributed by atoms with van der Waals surface area (Å²) in [7, 11) is 3.06. The number of carbonyl (C=O) groups is 1. The summed E-state index contributed by atoms with van der Waals surface area (Å²) >= 11 is 0. The first-order chi connectivity index (χ1) is 7.63. The lowest BCUT2D eigenvalue weighted by atomic mass is 10.4. The van der Waals surface area contributed by atoms with Gasteiger partial charge >= 0.3 is 5.97 Å². The third-order valence-electron chi connectivity index (χ3n) is 1.69. The van der Waals surface area contributed by atoms with Crippen LogP contribution >= 0.6 is 0 Å². The zero-order valence-corrected chi connectivity index (χ0v) is 9.84. The van der Waals surface area contributed by atoms with E-state index in [-0.39, 0.29) is 13.2 Å². The molecule has 0 heterocycles. The zero-order chi connectivity index (χ0) is 12.4. The van der Waals surface area contributed by atoms with E-state index in [1.807, 2.05) is 0 Å². The molecule has 1 N–H and O–H groups in total. The minimum Gasteiger partial charge on any atom is -0.480 e. The molecule has 0 bridgehead atoms. The van der Waals surface area contributed by atoms with Gasteiger partial charge in [0.05, 0.1) is 26.4 Å². The van der Waals surface area contributed by atoms with E-state index in [9.17, 15) is 4.79 Å². The fourth-order valence-corrected chi connectivity index (χ4v) is 0.772. The van der Waals surface area contributed by atoms with Crippen molar-refractivity contribution in [3.05, 3.63) is 0 Å². The molecule has 0 aromatic heterocycles. The second kappa shape index (κ2) is 9.49. The maximum atomic E-state index is 10.7. The molecular formula is C9H19NO6. The summed E-state index contributed by atoms with van der Waals surface area (Å²) in [6.07, 6.45) is 0. The summed E-state index contributed by atoms with van der Waals surface area (Å²) in [5.41, 5.74) is 0. The van der Waals surface area contributed by atoms with Gasteiger partial charge in [0.2, 0.25) is 0 Å². The van der Waals surface area contributed by atoms with Gasteiger partial charge in [-0.05, 0) is 6.92 Å². The number of hydrogen-bond donors (Lipinski definition) is 1. The van der Waals surface area contributed by atoms with Crippen LogP contribution in [0.25, 0.3) is 0 Å². The average molecular weight is 237 g/mol. The maximum absolute atomic E-state index is 10.7. The highest BCUT2D eigenvalue weighted by atomic mass is 17.0. The molecule has 0 aromatic rings. The van der Waals surface area contributed by atoms with Crippen molar-refractivity contribution in [1.29, 1.82) is 0 Å². The number of hydroxylamine groups is 2. The van der Waals surface area contributed by atoms with E-state index in [0.717, 1.165) is 5.23 Å². The van der Waals surface area contributed by atoms with E-state index in [0.29, 0.717) is 13.2 Å².